The fraction of sp³-hybridized carbons (Fsp3) is 0.500. The van der Waals surface area contributed by atoms with Crippen LogP contribution in [0.1, 0.15) is 19.4 Å². The predicted octanol–water partition coefficient (Wildman–Crippen LogP) is 2.15. The van der Waals surface area contributed by atoms with Crippen molar-refractivity contribution in [1.29, 1.82) is 0 Å². The van der Waals surface area contributed by atoms with Crippen molar-refractivity contribution in [3.63, 3.8) is 0 Å². The lowest BCUT2D eigenvalue weighted by molar-refractivity contribution is -0.122. The molecule has 21 heavy (non-hydrogen) atoms. The SMILES string of the molecule is CC(C)Oc1cccc(CC(=O)NCC(F)(F)CN)c1.Cl. The molecule has 0 aromatic heterocycles. The molecule has 0 saturated carbocycles. The molecule has 0 fully saturated rings. The summed E-state index contributed by atoms with van der Waals surface area (Å²) in [6.07, 6.45) is 0.0537. The minimum atomic E-state index is -3.07. The normalized spacial score (nSPS) is 11.0. The van der Waals surface area contributed by atoms with Gasteiger partial charge < -0.3 is 15.8 Å². The summed E-state index contributed by atoms with van der Waals surface area (Å²) >= 11 is 0. The smallest absolute Gasteiger partial charge is 0.277 e. The van der Waals surface area contributed by atoms with E-state index >= 15 is 0 Å². The molecule has 0 aliphatic heterocycles. The summed E-state index contributed by atoms with van der Waals surface area (Å²) in [5, 5.41) is 2.17. The second kappa shape index (κ2) is 8.79. The van der Waals surface area contributed by atoms with Crippen molar-refractivity contribution in [3.8, 4) is 5.75 Å². The fourth-order valence-electron chi connectivity index (χ4n) is 1.55. The van der Waals surface area contributed by atoms with Crippen molar-refractivity contribution in [3.05, 3.63) is 29.8 Å². The average molecular weight is 323 g/mol. The fourth-order valence-corrected chi connectivity index (χ4v) is 1.55. The molecule has 0 heterocycles. The lowest BCUT2D eigenvalue weighted by Gasteiger charge is -2.15. The van der Waals surface area contributed by atoms with Gasteiger partial charge in [-0.15, -0.1) is 12.4 Å². The highest BCUT2D eigenvalue weighted by Gasteiger charge is 2.27. The van der Waals surface area contributed by atoms with Gasteiger partial charge in [0.05, 0.1) is 25.6 Å². The van der Waals surface area contributed by atoms with Gasteiger partial charge >= 0.3 is 0 Å². The molecule has 120 valence electrons. The lowest BCUT2D eigenvalue weighted by Crippen LogP contribution is -2.42. The number of rotatable bonds is 7. The Morgan fingerprint density at radius 1 is 1.43 bits per heavy atom. The van der Waals surface area contributed by atoms with Gasteiger partial charge in [-0.05, 0) is 31.5 Å². The molecule has 0 unspecified atom stereocenters. The first kappa shape index (κ1) is 19.6. The number of benzene rings is 1. The number of nitrogens with two attached hydrogens (primary N) is 1. The van der Waals surface area contributed by atoms with Crippen molar-refractivity contribution in [2.24, 2.45) is 5.73 Å². The molecular formula is C14H21ClF2N2O2. The quantitative estimate of drug-likeness (QED) is 0.808. The maximum Gasteiger partial charge on any atom is 0.277 e. The van der Waals surface area contributed by atoms with E-state index in [0.717, 1.165) is 0 Å². The van der Waals surface area contributed by atoms with Gasteiger partial charge in [0.1, 0.15) is 5.75 Å². The van der Waals surface area contributed by atoms with E-state index in [9.17, 15) is 13.6 Å². The van der Waals surface area contributed by atoms with Crippen LogP contribution in [0.3, 0.4) is 0 Å². The Morgan fingerprint density at radius 2 is 2.10 bits per heavy atom. The number of amides is 1. The van der Waals surface area contributed by atoms with E-state index in [1.807, 2.05) is 13.8 Å². The molecule has 0 spiro atoms. The maximum atomic E-state index is 12.9. The second-order valence-electron chi connectivity index (χ2n) is 4.83. The van der Waals surface area contributed by atoms with Crippen LogP contribution in [0, 0.1) is 0 Å². The highest BCUT2D eigenvalue weighted by molar-refractivity contribution is 5.85. The van der Waals surface area contributed by atoms with E-state index < -0.39 is 24.9 Å². The number of hydrogen-bond acceptors (Lipinski definition) is 3. The van der Waals surface area contributed by atoms with Crippen molar-refractivity contribution >= 4 is 18.3 Å². The molecule has 7 heteroatoms. The Morgan fingerprint density at radius 3 is 2.67 bits per heavy atom. The Kier molecular flexibility index (Phi) is 8.21. The first-order valence-corrected chi connectivity index (χ1v) is 6.42. The van der Waals surface area contributed by atoms with Crippen molar-refractivity contribution in [2.75, 3.05) is 13.1 Å². The standard InChI is InChI=1S/C14H20F2N2O2.ClH/c1-10(2)20-12-5-3-4-11(6-12)7-13(19)18-9-14(15,16)8-17;/h3-6,10H,7-9,17H2,1-2H3,(H,18,19);1H. The topological polar surface area (TPSA) is 64.3 Å². The number of hydrogen-bond donors (Lipinski definition) is 2. The number of nitrogens with one attached hydrogen (secondary N) is 1. The average Bonchev–Trinajstić information content (AvgIpc) is 2.36. The van der Waals surface area contributed by atoms with E-state index in [-0.39, 0.29) is 24.9 Å². The number of carbonyl (C=O) groups excluding carboxylic acids is 1. The zero-order valence-electron chi connectivity index (χ0n) is 12.1. The Hall–Kier alpha value is -1.40. The summed E-state index contributed by atoms with van der Waals surface area (Å²) < 4.78 is 31.3. The molecular weight excluding hydrogens is 302 g/mol. The van der Waals surface area contributed by atoms with Crippen molar-refractivity contribution in [1.82, 2.24) is 5.32 Å². The van der Waals surface area contributed by atoms with E-state index in [4.69, 9.17) is 10.5 Å². The molecule has 1 aromatic rings. The number of ether oxygens (including phenoxy) is 1. The molecule has 0 saturated heterocycles. The van der Waals surface area contributed by atoms with E-state index in [0.29, 0.717) is 11.3 Å². The molecule has 4 nitrogen and oxygen atoms in total. The first-order valence-electron chi connectivity index (χ1n) is 6.42. The van der Waals surface area contributed by atoms with Gasteiger partial charge in [0.15, 0.2) is 0 Å². The monoisotopic (exact) mass is 322 g/mol. The molecule has 0 radical (unpaired) electrons. The van der Waals surface area contributed by atoms with Gasteiger partial charge in [-0.1, -0.05) is 12.1 Å². The Labute approximate surface area is 129 Å². The molecule has 0 bridgehead atoms. The molecule has 0 atom stereocenters. The van der Waals surface area contributed by atoms with Crippen LogP contribution in [0.4, 0.5) is 8.78 Å². The van der Waals surface area contributed by atoms with Crippen molar-refractivity contribution in [2.45, 2.75) is 32.3 Å². The summed E-state index contributed by atoms with van der Waals surface area (Å²) in [5.41, 5.74) is 5.60. The minimum Gasteiger partial charge on any atom is -0.491 e. The zero-order valence-corrected chi connectivity index (χ0v) is 12.9. The highest BCUT2D eigenvalue weighted by atomic mass is 35.5. The Bertz CT molecular complexity index is 456. The predicted molar refractivity (Wildman–Crippen MR) is 80.2 cm³/mol. The summed E-state index contributed by atoms with van der Waals surface area (Å²) in [4.78, 5) is 11.6. The molecule has 3 N–H and O–H groups in total. The summed E-state index contributed by atoms with van der Waals surface area (Å²) in [7, 11) is 0. The third-order valence-corrected chi connectivity index (χ3v) is 2.48. The number of halogens is 3. The van der Waals surface area contributed by atoms with Crippen LogP contribution < -0.4 is 15.8 Å². The van der Waals surface area contributed by atoms with E-state index in [2.05, 4.69) is 5.32 Å². The molecule has 1 aromatic carbocycles. The van der Waals surface area contributed by atoms with Crippen LogP contribution in [-0.2, 0) is 11.2 Å². The third-order valence-electron chi connectivity index (χ3n) is 2.48. The summed E-state index contributed by atoms with van der Waals surface area (Å²) in [5.74, 6) is -2.89. The van der Waals surface area contributed by atoms with Crippen LogP contribution in [0.5, 0.6) is 5.75 Å². The largest absolute Gasteiger partial charge is 0.491 e. The summed E-state index contributed by atoms with van der Waals surface area (Å²) in [6, 6.07) is 7.01. The van der Waals surface area contributed by atoms with Crippen LogP contribution in [0.15, 0.2) is 24.3 Å². The molecule has 1 amide bonds. The summed E-state index contributed by atoms with van der Waals surface area (Å²) in [6.45, 7) is 2.26. The Balaban J connectivity index is 0.00000400. The van der Waals surface area contributed by atoms with Gasteiger partial charge in [0.25, 0.3) is 5.92 Å². The zero-order chi connectivity index (χ0) is 15.2. The maximum absolute atomic E-state index is 12.9. The van der Waals surface area contributed by atoms with Gasteiger partial charge in [0.2, 0.25) is 5.91 Å². The third kappa shape index (κ3) is 7.82. The van der Waals surface area contributed by atoms with Crippen LogP contribution in [-0.4, -0.2) is 31.0 Å². The van der Waals surface area contributed by atoms with Gasteiger partial charge in [-0.3, -0.25) is 4.79 Å². The number of alkyl halides is 2. The second-order valence-corrected chi connectivity index (χ2v) is 4.83. The lowest BCUT2D eigenvalue weighted by atomic mass is 10.1. The first-order chi connectivity index (χ1) is 9.32. The molecule has 0 aliphatic rings. The molecule has 1 rings (SSSR count). The van der Waals surface area contributed by atoms with Gasteiger partial charge in [0, 0.05) is 0 Å². The minimum absolute atomic E-state index is 0. The van der Waals surface area contributed by atoms with Gasteiger partial charge in [-0.2, -0.15) is 0 Å². The van der Waals surface area contributed by atoms with Crippen LogP contribution >= 0.6 is 12.4 Å². The van der Waals surface area contributed by atoms with Crippen LogP contribution in [0.25, 0.3) is 0 Å². The van der Waals surface area contributed by atoms with E-state index in [1.165, 1.54) is 0 Å². The number of carbonyl (C=O) groups is 1. The van der Waals surface area contributed by atoms with Gasteiger partial charge in [-0.25, -0.2) is 8.78 Å². The highest BCUT2D eigenvalue weighted by Crippen LogP contribution is 2.15. The van der Waals surface area contributed by atoms with Crippen LogP contribution in [0.2, 0.25) is 0 Å². The van der Waals surface area contributed by atoms with Crippen molar-refractivity contribution < 1.29 is 18.3 Å². The molecule has 0 aliphatic carbocycles. The van der Waals surface area contributed by atoms with E-state index in [1.54, 1.807) is 24.3 Å².